The lowest BCUT2D eigenvalue weighted by molar-refractivity contribution is -0.654. The SMILES string of the molecule is CCN(CCCN(CC)c1ccc(N=Nc2scc[n+]2C)cc1C)c1ccc(N=Nc2scc[n+]2C)cc1C.[CH3-].[CH3-]. The molecular weight excluding hydrogens is 549 g/mol. The van der Waals surface area contributed by atoms with Crippen LogP contribution >= 0.6 is 22.7 Å². The topological polar surface area (TPSA) is 63.7 Å². The van der Waals surface area contributed by atoms with Crippen molar-refractivity contribution in [3.63, 3.8) is 0 Å². The van der Waals surface area contributed by atoms with Crippen molar-refractivity contribution in [2.75, 3.05) is 36.0 Å². The second kappa shape index (κ2) is 16.1. The third-order valence-corrected chi connectivity index (χ3v) is 8.36. The van der Waals surface area contributed by atoms with Crippen LogP contribution in [-0.2, 0) is 14.1 Å². The van der Waals surface area contributed by atoms with Crippen LogP contribution in [0, 0.1) is 28.7 Å². The summed E-state index contributed by atoms with van der Waals surface area (Å²) >= 11 is 3.16. The Kier molecular flexibility index (Phi) is 13.2. The van der Waals surface area contributed by atoms with Crippen molar-refractivity contribution in [3.8, 4) is 0 Å². The van der Waals surface area contributed by atoms with E-state index in [2.05, 4.69) is 94.3 Å². The molecule has 0 fully saturated rings. The van der Waals surface area contributed by atoms with E-state index in [0.717, 1.165) is 54.2 Å². The average Bonchev–Trinajstić information content (AvgIpc) is 3.54. The maximum atomic E-state index is 4.45. The van der Waals surface area contributed by atoms with Gasteiger partial charge in [-0.1, -0.05) is 0 Å². The Labute approximate surface area is 254 Å². The van der Waals surface area contributed by atoms with Gasteiger partial charge in [0.15, 0.2) is 0 Å². The summed E-state index contributed by atoms with van der Waals surface area (Å²) < 4.78 is 3.95. The molecule has 0 spiro atoms. The summed E-state index contributed by atoms with van der Waals surface area (Å²) in [5, 5.41) is 23.5. The van der Waals surface area contributed by atoms with Gasteiger partial charge in [-0.2, -0.15) is 0 Å². The number of nitrogens with zero attached hydrogens (tertiary/aromatic N) is 8. The van der Waals surface area contributed by atoms with Crippen molar-refractivity contribution < 1.29 is 9.13 Å². The van der Waals surface area contributed by atoms with Crippen LogP contribution in [-0.4, -0.2) is 26.2 Å². The number of aryl methyl sites for hydroxylation is 4. The van der Waals surface area contributed by atoms with E-state index in [9.17, 15) is 0 Å². The lowest BCUT2D eigenvalue weighted by atomic mass is 10.1. The average molecular weight is 593 g/mol. The van der Waals surface area contributed by atoms with E-state index in [1.807, 2.05) is 46.4 Å². The number of rotatable bonds is 12. The molecule has 0 bridgehead atoms. The van der Waals surface area contributed by atoms with Gasteiger partial charge in [-0.05, 0) is 115 Å². The van der Waals surface area contributed by atoms with Crippen LogP contribution in [0.3, 0.4) is 0 Å². The predicted molar refractivity (Wildman–Crippen MR) is 175 cm³/mol. The number of thiazole rings is 2. The summed E-state index contributed by atoms with van der Waals surface area (Å²) in [5.74, 6) is 0. The second-order valence-electron chi connectivity index (χ2n) is 9.45. The minimum absolute atomic E-state index is 0. The third kappa shape index (κ3) is 8.74. The van der Waals surface area contributed by atoms with Crippen molar-refractivity contribution >= 4 is 55.7 Å². The largest absolute Gasteiger partial charge is 0.408 e. The van der Waals surface area contributed by atoms with E-state index in [-0.39, 0.29) is 14.9 Å². The van der Waals surface area contributed by atoms with Crippen LogP contribution in [0.5, 0.6) is 0 Å². The zero-order valence-electron chi connectivity index (χ0n) is 25.7. The molecule has 220 valence electrons. The maximum Gasteiger partial charge on any atom is 0.408 e. The van der Waals surface area contributed by atoms with Crippen LogP contribution in [0.4, 0.5) is 33.0 Å². The van der Waals surface area contributed by atoms with Crippen molar-refractivity contribution in [1.82, 2.24) is 0 Å². The smallest absolute Gasteiger partial charge is 0.372 e. The van der Waals surface area contributed by atoms with Gasteiger partial charge in [0.2, 0.25) is 0 Å². The normalized spacial score (nSPS) is 11.1. The fourth-order valence-corrected chi connectivity index (χ4v) is 5.87. The van der Waals surface area contributed by atoms with Crippen LogP contribution in [0.1, 0.15) is 31.4 Å². The number of benzene rings is 2. The molecule has 0 aliphatic rings. The molecule has 0 radical (unpaired) electrons. The van der Waals surface area contributed by atoms with Gasteiger partial charge in [-0.15, -0.1) is 0 Å². The first-order chi connectivity index (χ1) is 18.9. The zero-order chi connectivity index (χ0) is 27.8. The molecule has 0 aliphatic carbocycles. The van der Waals surface area contributed by atoms with Gasteiger partial charge >= 0.3 is 10.3 Å². The molecule has 0 saturated carbocycles. The lowest BCUT2D eigenvalue weighted by Crippen LogP contribution is -2.30. The molecular formula is C31H44N8S2. The van der Waals surface area contributed by atoms with Gasteiger partial charge in [0.1, 0.15) is 23.8 Å². The highest BCUT2D eigenvalue weighted by molar-refractivity contribution is 7.13. The van der Waals surface area contributed by atoms with Crippen LogP contribution in [0.15, 0.2) is 80.0 Å². The van der Waals surface area contributed by atoms with Crippen molar-refractivity contribution in [2.45, 2.75) is 34.1 Å². The van der Waals surface area contributed by atoms with Gasteiger partial charge < -0.3 is 24.7 Å². The molecule has 0 N–H and O–H groups in total. The lowest BCUT2D eigenvalue weighted by Gasteiger charge is -2.29. The second-order valence-corrected chi connectivity index (χ2v) is 11.2. The Morgan fingerprint density at radius 3 is 1.39 bits per heavy atom. The Bertz CT molecular complexity index is 1330. The summed E-state index contributed by atoms with van der Waals surface area (Å²) in [6.07, 6.45) is 5.04. The Balaban J connectivity index is 0.00000294. The number of anilines is 2. The molecule has 4 rings (SSSR count). The first-order valence-electron chi connectivity index (χ1n) is 13.3. The van der Waals surface area contributed by atoms with Gasteiger partial charge in [0.05, 0.1) is 24.3 Å². The number of azo groups is 2. The molecule has 8 nitrogen and oxygen atoms in total. The molecule has 2 heterocycles. The highest BCUT2D eigenvalue weighted by Gasteiger charge is 2.13. The molecule has 0 atom stereocenters. The number of hydrogen-bond acceptors (Lipinski definition) is 8. The number of hydrogen-bond donors (Lipinski definition) is 0. The van der Waals surface area contributed by atoms with E-state index in [0.29, 0.717) is 0 Å². The summed E-state index contributed by atoms with van der Waals surface area (Å²) in [7, 11) is 3.96. The van der Waals surface area contributed by atoms with Crippen LogP contribution in [0.25, 0.3) is 0 Å². The van der Waals surface area contributed by atoms with Gasteiger partial charge in [-0.3, -0.25) is 0 Å². The molecule has 0 unspecified atom stereocenters. The van der Waals surface area contributed by atoms with Crippen molar-refractivity contribution in [2.24, 2.45) is 34.6 Å². The van der Waals surface area contributed by atoms with E-state index in [1.54, 1.807) is 22.7 Å². The van der Waals surface area contributed by atoms with Gasteiger partial charge in [-0.25, -0.2) is 9.13 Å². The summed E-state index contributed by atoms with van der Waals surface area (Å²) in [5.41, 5.74) is 6.69. The predicted octanol–water partition coefficient (Wildman–Crippen LogP) is 8.55. The molecule has 0 aliphatic heterocycles. The first-order valence-corrected chi connectivity index (χ1v) is 15.1. The fraction of sp³-hybridized carbons (Fsp3) is 0.355. The molecule has 10 heteroatoms. The molecule has 0 saturated heterocycles. The summed E-state index contributed by atoms with van der Waals surface area (Å²) in [6, 6.07) is 12.7. The highest BCUT2D eigenvalue weighted by atomic mass is 32.1. The Hall–Kier alpha value is -3.50. The number of aromatic nitrogens is 2. The quantitative estimate of drug-likeness (QED) is 0.0940. The minimum atomic E-state index is 0. The van der Waals surface area contributed by atoms with E-state index >= 15 is 0 Å². The van der Waals surface area contributed by atoms with Crippen LogP contribution < -0.4 is 18.9 Å². The molecule has 0 amide bonds. The highest BCUT2D eigenvalue weighted by Crippen LogP contribution is 2.29. The molecule has 2 aromatic carbocycles. The zero-order valence-corrected chi connectivity index (χ0v) is 27.3. The molecule has 2 aromatic heterocycles. The minimum Gasteiger partial charge on any atom is -0.372 e. The first kappa shape index (κ1) is 33.7. The van der Waals surface area contributed by atoms with E-state index in [4.69, 9.17) is 0 Å². The third-order valence-electron chi connectivity index (χ3n) is 6.68. The van der Waals surface area contributed by atoms with Crippen LogP contribution in [0.2, 0.25) is 0 Å². The Morgan fingerprint density at radius 1 is 0.659 bits per heavy atom. The standard InChI is InChI=1S/C29H38N8S2.2CH3/c1-7-36(26-12-10-24(20-22(26)3)30-32-28-34(5)16-18-38-28)14-9-15-37(8-2)27-13-11-25(21-23(27)4)31-33-29-35(6)17-19-39-29;;/h10-13,16-21H,7-9,14-15H2,1-6H3;2*1H3/q+2;2*-1. The molecule has 4 aromatic rings. The van der Waals surface area contributed by atoms with Crippen molar-refractivity contribution in [1.29, 1.82) is 0 Å². The van der Waals surface area contributed by atoms with Crippen molar-refractivity contribution in [3.05, 3.63) is 85.5 Å². The Morgan fingerprint density at radius 2 is 1.07 bits per heavy atom. The monoisotopic (exact) mass is 592 g/mol. The molecule has 41 heavy (non-hydrogen) atoms. The van der Waals surface area contributed by atoms with Gasteiger partial charge in [0, 0.05) is 48.3 Å². The summed E-state index contributed by atoms with van der Waals surface area (Å²) in [6.45, 7) is 12.6. The van der Waals surface area contributed by atoms with E-state index < -0.39 is 0 Å². The van der Waals surface area contributed by atoms with E-state index in [1.165, 1.54) is 22.5 Å². The summed E-state index contributed by atoms with van der Waals surface area (Å²) in [4.78, 5) is 4.90. The fourth-order valence-electron chi connectivity index (χ4n) is 4.51. The maximum absolute atomic E-state index is 4.45. The van der Waals surface area contributed by atoms with Gasteiger partial charge in [0.25, 0.3) is 0 Å².